The van der Waals surface area contributed by atoms with Gasteiger partial charge >= 0.3 is 0 Å². The standard InChI is InChI=1S/C18H16/c1-4-18(2,3)17-15-11-7-5-9-13(15)14-10-6-8-12-16(14)17/h1,5-12,17H,2-3H3. The van der Waals surface area contributed by atoms with Crippen LogP contribution in [0.15, 0.2) is 48.5 Å². The number of benzene rings is 2. The quantitative estimate of drug-likeness (QED) is 0.637. The molecule has 2 aromatic carbocycles. The fraction of sp³-hybridized carbons (Fsp3) is 0.222. The highest BCUT2D eigenvalue weighted by molar-refractivity contribution is 5.79. The van der Waals surface area contributed by atoms with Crippen LogP contribution in [0.1, 0.15) is 30.9 Å². The minimum absolute atomic E-state index is 0.164. The highest BCUT2D eigenvalue weighted by atomic mass is 14.4. The van der Waals surface area contributed by atoms with E-state index in [-0.39, 0.29) is 5.41 Å². The maximum atomic E-state index is 5.75. The summed E-state index contributed by atoms with van der Waals surface area (Å²) in [5.41, 5.74) is 5.23. The van der Waals surface area contributed by atoms with Crippen molar-refractivity contribution in [2.45, 2.75) is 19.8 Å². The molecule has 0 bridgehead atoms. The minimum atomic E-state index is -0.164. The number of terminal acetylenes is 1. The molecule has 3 rings (SSSR count). The first-order chi connectivity index (χ1) is 8.65. The topological polar surface area (TPSA) is 0 Å². The van der Waals surface area contributed by atoms with Gasteiger partial charge in [-0.05, 0) is 36.1 Å². The molecule has 0 fully saturated rings. The molecule has 0 heterocycles. The zero-order valence-electron chi connectivity index (χ0n) is 10.8. The van der Waals surface area contributed by atoms with Crippen LogP contribution in [0.2, 0.25) is 0 Å². The molecule has 0 heteroatoms. The lowest BCUT2D eigenvalue weighted by atomic mass is 9.74. The van der Waals surface area contributed by atoms with Crippen molar-refractivity contribution in [3.8, 4) is 23.5 Å². The summed E-state index contributed by atoms with van der Waals surface area (Å²) in [5, 5.41) is 0. The van der Waals surface area contributed by atoms with Gasteiger partial charge in [-0.3, -0.25) is 0 Å². The van der Waals surface area contributed by atoms with Gasteiger partial charge in [0.1, 0.15) is 0 Å². The van der Waals surface area contributed by atoms with Gasteiger partial charge in [0.25, 0.3) is 0 Å². The van der Waals surface area contributed by atoms with Crippen molar-refractivity contribution in [2.75, 3.05) is 0 Å². The minimum Gasteiger partial charge on any atom is -0.120 e. The average molecular weight is 232 g/mol. The van der Waals surface area contributed by atoms with Gasteiger partial charge in [-0.2, -0.15) is 0 Å². The van der Waals surface area contributed by atoms with E-state index in [1.165, 1.54) is 22.3 Å². The van der Waals surface area contributed by atoms with Crippen molar-refractivity contribution in [3.05, 3.63) is 59.7 Å². The third-order valence-electron chi connectivity index (χ3n) is 3.93. The second kappa shape index (κ2) is 3.75. The van der Waals surface area contributed by atoms with Gasteiger partial charge < -0.3 is 0 Å². The molecule has 0 saturated carbocycles. The van der Waals surface area contributed by atoms with Gasteiger partial charge in [0.05, 0.1) is 0 Å². The first-order valence-corrected chi connectivity index (χ1v) is 6.31. The van der Waals surface area contributed by atoms with Crippen LogP contribution < -0.4 is 0 Å². The Kier molecular flexibility index (Phi) is 2.31. The number of fused-ring (bicyclic) bond motifs is 3. The summed E-state index contributed by atoms with van der Waals surface area (Å²) in [6.07, 6.45) is 5.75. The van der Waals surface area contributed by atoms with E-state index >= 15 is 0 Å². The Balaban J connectivity index is 2.32. The molecule has 1 aliphatic carbocycles. The Morgan fingerprint density at radius 3 is 1.78 bits per heavy atom. The normalized spacial score (nSPS) is 13.8. The molecule has 18 heavy (non-hydrogen) atoms. The zero-order valence-corrected chi connectivity index (χ0v) is 10.8. The van der Waals surface area contributed by atoms with Crippen LogP contribution >= 0.6 is 0 Å². The van der Waals surface area contributed by atoms with E-state index in [0.29, 0.717) is 5.92 Å². The van der Waals surface area contributed by atoms with Crippen molar-refractivity contribution < 1.29 is 0 Å². The molecule has 0 aliphatic heterocycles. The van der Waals surface area contributed by atoms with Crippen molar-refractivity contribution >= 4 is 0 Å². The van der Waals surface area contributed by atoms with Crippen LogP contribution in [0, 0.1) is 17.8 Å². The molecule has 0 nitrogen and oxygen atoms in total. The second-order valence-electron chi connectivity index (χ2n) is 5.47. The lowest BCUT2D eigenvalue weighted by Gasteiger charge is -2.27. The van der Waals surface area contributed by atoms with E-state index in [0.717, 1.165) is 0 Å². The molecule has 0 N–H and O–H groups in total. The van der Waals surface area contributed by atoms with E-state index < -0.39 is 0 Å². The van der Waals surface area contributed by atoms with Gasteiger partial charge in [0, 0.05) is 11.3 Å². The second-order valence-corrected chi connectivity index (χ2v) is 5.47. The summed E-state index contributed by atoms with van der Waals surface area (Å²) in [6.45, 7) is 4.30. The van der Waals surface area contributed by atoms with E-state index in [4.69, 9.17) is 6.42 Å². The van der Waals surface area contributed by atoms with Gasteiger partial charge in [-0.15, -0.1) is 6.42 Å². The maximum absolute atomic E-state index is 5.75. The SMILES string of the molecule is C#CC(C)(C)C1c2ccccc2-c2ccccc21. The summed E-state index contributed by atoms with van der Waals surface area (Å²) in [4.78, 5) is 0. The summed E-state index contributed by atoms with van der Waals surface area (Å²) < 4.78 is 0. The van der Waals surface area contributed by atoms with Gasteiger partial charge in [0.15, 0.2) is 0 Å². The van der Waals surface area contributed by atoms with Crippen LogP contribution in [0.3, 0.4) is 0 Å². The molecule has 0 radical (unpaired) electrons. The maximum Gasteiger partial charge on any atom is 0.0365 e. The molecule has 0 amide bonds. The highest BCUT2D eigenvalue weighted by Crippen LogP contribution is 2.51. The Hall–Kier alpha value is -2.00. The Morgan fingerprint density at radius 2 is 1.33 bits per heavy atom. The van der Waals surface area contributed by atoms with Gasteiger partial charge in [0.2, 0.25) is 0 Å². The fourth-order valence-electron chi connectivity index (χ4n) is 3.02. The summed E-state index contributed by atoms with van der Waals surface area (Å²) in [5.74, 6) is 3.27. The Bertz CT molecular complexity index is 596. The molecule has 0 atom stereocenters. The van der Waals surface area contributed by atoms with E-state index in [1.54, 1.807) is 0 Å². The van der Waals surface area contributed by atoms with Crippen LogP contribution in [0.25, 0.3) is 11.1 Å². The first-order valence-electron chi connectivity index (χ1n) is 6.31. The van der Waals surface area contributed by atoms with Crippen molar-refractivity contribution in [2.24, 2.45) is 5.41 Å². The smallest absolute Gasteiger partial charge is 0.0365 e. The third kappa shape index (κ3) is 1.41. The fourth-order valence-corrected chi connectivity index (χ4v) is 3.02. The lowest BCUT2D eigenvalue weighted by molar-refractivity contribution is 0.444. The molecule has 1 aliphatic rings. The first kappa shape index (κ1) is 11.1. The van der Waals surface area contributed by atoms with Crippen molar-refractivity contribution in [1.29, 1.82) is 0 Å². The monoisotopic (exact) mass is 232 g/mol. The number of hydrogen-bond donors (Lipinski definition) is 0. The van der Waals surface area contributed by atoms with Crippen LogP contribution in [0.4, 0.5) is 0 Å². The molecule has 0 aromatic heterocycles. The van der Waals surface area contributed by atoms with E-state index in [1.807, 2.05) is 0 Å². The highest BCUT2D eigenvalue weighted by Gasteiger charge is 2.37. The third-order valence-corrected chi connectivity index (χ3v) is 3.93. The number of rotatable bonds is 1. The van der Waals surface area contributed by atoms with Gasteiger partial charge in [-0.1, -0.05) is 54.5 Å². The molecule has 0 saturated heterocycles. The van der Waals surface area contributed by atoms with Crippen LogP contribution in [-0.4, -0.2) is 0 Å². The van der Waals surface area contributed by atoms with E-state index in [9.17, 15) is 0 Å². The predicted octanol–water partition coefficient (Wildman–Crippen LogP) is 4.46. The average Bonchev–Trinajstić information content (AvgIpc) is 2.74. The largest absolute Gasteiger partial charge is 0.120 e. The van der Waals surface area contributed by atoms with Crippen LogP contribution in [0.5, 0.6) is 0 Å². The van der Waals surface area contributed by atoms with Crippen molar-refractivity contribution in [1.82, 2.24) is 0 Å². The number of hydrogen-bond acceptors (Lipinski definition) is 0. The predicted molar refractivity (Wildman–Crippen MR) is 76.3 cm³/mol. The van der Waals surface area contributed by atoms with E-state index in [2.05, 4.69) is 68.3 Å². The molecular weight excluding hydrogens is 216 g/mol. The molecular formula is C18H16. The molecule has 2 aromatic rings. The summed E-state index contributed by atoms with van der Waals surface area (Å²) in [7, 11) is 0. The summed E-state index contributed by atoms with van der Waals surface area (Å²) >= 11 is 0. The lowest BCUT2D eigenvalue weighted by Crippen LogP contribution is -2.19. The molecule has 0 unspecified atom stereocenters. The Labute approximate surface area is 109 Å². The molecule has 88 valence electrons. The zero-order chi connectivity index (χ0) is 12.8. The van der Waals surface area contributed by atoms with Gasteiger partial charge in [-0.25, -0.2) is 0 Å². The van der Waals surface area contributed by atoms with Crippen LogP contribution in [-0.2, 0) is 0 Å². The molecule has 0 spiro atoms. The van der Waals surface area contributed by atoms with Crippen molar-refractivity contribution in [3.63, 3.8) is 0 Å². The Morgan fingerprint density at radius 1 is 0.889 bits per heavy atom. The summed E-state index contributed by atoms with van der Waals surface area (Å²) in [6, 6.07) is 17.2.